The smallest absolute Gasteiger partial charge is 0.340 e. The van der Waals surface area contributed by atoms with Crippen molar-refractivity contribution in [1.82, 2.24) is 4.67 Å². The summed E-state index contributed by atoms with van der Waals surface area (Å²) in [5, 5.41) is 0. The quantitative estimate of drug-likeness (QED) is 0.355. The maximum absolute atomic E-state index is 12.1. The highest BCUT2D eigenvalue weighted by Crippen LogP contribution is 2.42. The lowest BCUT2D eigenvalue weighted by atomic mass is 10.4. The minimum absolute atomic E-state index is 0.168. The fourth-order valence-corrected chi connectivity index (χ4v) is 3.21. The van der Waals surface area contributed by atoms with Crippen molar-refractivity contribution in [2.75, 3.05) is 45.7 Å². The summed E-state index contributed by atoms with van der Waals surface area (Å²) in [7, 11) is -0.325. The first-order valence-electron chi connectivity index (χ1n) is 5.48. The van der Waals surface area contributed by atoms with Crippen LogP contribution in [0.2, 0.25) is 0 Å². The first-order chi connectivity index (χ1) is 8.51. The Morgan fingerprint density at radius 2 is 1.72 bits per heavy atom. The van der Waals surface area contributed by atoms with Crippen LogP contribution in [0.1, 0.15) is 6.42 Å². The summed E-state index contributed by atoms with van der Waals surface area (Å²) in [6.45, 7) is 0.890. The molecule has 0 fully saturated rings. The Kier molecular flexibility index (Phi) is 10.8. The molecular weight excluding hydrogens is 302 g/mol. The van der Waals surface area contributed by atoms with Crippen LogP contribution in [0.5, 0.6) is 0 Å². The summed E-state index contributed by atoms with van der Waals surface area (Å²) in [5.74, 6) is 0.612. The normalized spacial score (nSPS) is 15.3. The van der Waals surface area contributed by atoms with Crippen LogP contribution in [0.25, 0.3) is 0 Å². The molecule has 0 radical (unpaired) electrons. The Hall–Kier alpha value is 0.610. The second-order valence-electron chi connectivity index (χ2n) is 3.42. The summed E-state index contributed by atoms with van der Waals surface area (Å²) in [5.41, 5.74) is 5.66. The SMILES string of the molecule is COC(CCO[P@@](N)(=O)N(CCCl)CCCl)OC. The van der Waals surface area contributed by atoms with Gasteiger partial charge < -0.3 is 14.0 Å². The third kappa shape index (κ3) is 7.26. The van der Waals surface area contributed by atoms with Crippen molar-refractivity contribution in [2.24, 2.45) is 5.50 Å². The standard InChI is InChI=1S/C9H21Cl2N2O4P/c1-15-9(16-2)3-8-17-18(12,14)13(6-4-10)7-5-11/h9H,3-8H2,1-2H3,(H2,12,14)/t18-/m1/s1. The summed E-state index contributed by atoms with van der Waals surface area (Å²) >= 11 is 11.2. The number of nitrogens with zero attached hydrogens (tertiary/aromatic N) is 1. The molecule has 0 rings (SSSR count). The number of alkyl halides is 2. The molecule has 0 saturated carbocycles. The molecule has 0 bridgehead atoms. The van der Waals surface area contributed by atoms with Crippen LogP contribution in [-0.4, -0.2) is 56.6 Å². The topological polar surface area (TPSA) is 74.0 Å². The Labute approximate surface area is 118 Å². The van der Waals surface area contributed by atoms with Crippen LogP contribution in [0.3, 0.4) is 0 Å². The molecule has 110 valence electrons. The number of nitrogens with two attached hydrogens (primary N) is 1. The summed E-state index contributed by atoms with van der Waals surface area (Å²) < 4.78 is 28.8. The fraction of sp³-hybridized carbons (Fsp3) is 1.00. The van der Waals surface area contributed by atoms with E-state index < -0.39 is 14.0 Å². The van der Waals surface area contributed by atoms with Crippen LogP contribution in [0, 0.1) is 0 Å². The second-order valence-corrected chi connectivity index (χ2v) is 6.13. The minimum Gasteiger partial charge on any atom is -0.356 e. The van der Waals surface area contributed by atoms with Crippen LogP contribution in [-0.2, 0) is 18.6 Å². The monoisotopic (exact) mass is 322 g/mol. The van der Waals surface area contributed by atoms with Crippen molar-refractivity contribution in [3.05, 3.63) is 0 Å². The van der Waals surface area contributed by atoms with E-state index in [0.29, 0.717) is 31.3 Å². The maximum Gasteiger partial charge on any atom is 0.340 e. The van der Waals surface area contributed by atoms with Gasteiger partial charge in [0, 0.05) is 45.5 Å². The lowest BCUT2D eigenvalue weighted by Crippen LogP contribution is -2.30. The van der Waals surface area contributed by atoms with Gasteiger partial charge in [-0.2, -0.15) is 0 Å². The third-order valence-corrected chi connectivity index (χ3v) is 4.31. The van der Waals surface area contributed by atoms with E-state index in [1.807, 2.05) is 0 Å². The molecule has 0 aliphatic rings. The molecule has 0 aromatic heterocycles. The summed E-state index contributed by atoms with van der Waals surface area (Å²) in [4.78, 5) is 0. The fourth-order valence-electron chi connectivity index (χ4n) is 1.28. The minimum atomic E-state index is -3.36. The van der Waals surface area contributed by atoms with Gasteiger partial charge in [-0.05, 0) is 0 Å². The zero-order chi connectivity index (χ0) is 14.0. The average molecular weight is 323 g/mol. The molecule has 18 heavy (non-hydrogen) atoms. The number of rotatable bonds is 11. The highest BCUT2D eigenvalue weighted by Gasteiger charge is 2.26. The van der Waals surface area contributed by atoms with E-state index in [0.717, 1.165) is 0 Å². The van der Waals surface area contributed by atoms with Crippen molar-refractivity contribution >= 4 is 30.9 Å². The zero-order valence-electron chi connectivity index (χ0n) is 10.7. The van der Waals surface area contributed by atoms with Gasteiger partial charge in [-0.1, -0.05) is 0 Å². The zero-order valence-corrected chi connectivity index (χ0v) is 13.1. The van der Waals surface area contributed by atoms with E-state index in [-0.39, 0.29) is 6.61 Å². The van der Waals surface area contributed by atoms with Gasteiger partial charge >= 0.3 is 7.67 Å². The van der Waals surface area contributed by atoms with Gasteiger partial charge in [-0.15, -0.1) is 23.2 Å². The maximum atomic E-state index is 12.1. The van der Waals surface area contributed by atoms with E-state index >= 15 is 0 Å². The number of ether oxygens (including phenoxy) is 2. The molecule has 0 unspecified atom stereocenters. The molecule has 0 spiro atoms. The molecule has 0 aliphatic carbocycles. The van der Waals surface area contributed by atoms with E-state index in [1.54, 1.807) is 0 Å². The van der Waals surface area contributed by atoms with Gasteiger partial charge in [-0.25, -0.2) is 10.2 Å². The van der Waals surface area contributed by atoms with E-state index in [4.69, 9.17) is 42.7 Å². The number of halogens is 2. The Bertz CT molecular complexity index is 251. The molecule has 9 heteroatoms. The van der Waals surface area contributed by atoms with Gasteiger partial charge in [0.15, 0.2) is 6.29 Å². The van der Waals surface area contributed by atoms with Crippen LogP contribution in [0.4, 0.5) is 0 Å². The van der Waals surface area contributed by atoms with Gasteiger partial charge in [0.25, 0.3) is 0 Å². The lowest BCUT2D eigenvalue weighted by molar-refractivity contribution is -0.110. The van der Waals surface area contributed by atoms with E-state index in [9.17, 15) is 4.57 Å². The molecule has 0 amide bonds. The van der Waals surface area contributed by atoms with Crippen LogP contribution in [0.15, 0.2) is 0 Å². The molecule has 0 aromatic rings. The van der Waals surface area contributed by atoms with Gasteiger partial charge in [0.2, 0.25) is 0 Å². The Morgan fingerprint density at radius 3 is 2.11 bits per heavy atom. The first kappa shape index (κ1) is 18.6. The Balaban J connectivity index is 4.21. The van der Waals surface area contributed by atoms with Gasteiger partial charge in [0.1, 0.15) is 0 Å². The lowest BCUT2D eigenvalue weighted by Gasteiger charge is -2.26. The molecule has 0 heterocycles. The van der Waals surface area contributed by atoms with Crippen molar-refractivity contribution in [1.29, 1.82) is 0 Å². The van der Waals surface area contributed by atoms with Crippen LogP contribution < -0.4 is 5.50 Å². The van der Waals surface area contributed by atoms with Gasteiger partial charge in [0.05, 0.1) is 6.61 Å². The third-order valence-electron chi connectivity index (χ3n) is 2.24. The predicted molar refractivity (Wildman–Crippen MR) is 73.2 cm³/mol. The van der Waals surface area contributed by atoms with Crippen molar-refractivity contribution in [2.45, 2.75) is 12.7 Å². The van der Waals surface area contributed by atoms with E-state index in [1.165, 1.54) is 18.9 Å². The number of hydrogen-bond donors (Lipinski definition) is 1. The summed E-state index contributed by atoms with van der Waals surface area (Å²) in [6, 6.07) is 0. The highest BCUT2D eigenvalue weighted by atomic mass is 35.5. The molecule has 0 aliphatic heterocycles. The number of hydrogen-bond acceptors (Lipinski definition) is 4. The predicted octanol–water partition coefficient (Wildman–Crippen LogP) is 1.86. The van der Waals surface area contributed by atoms with E-state index in [2.05, 4.69) is 0 Å². The molecule has 1 atom stereocenters. The highest BCUT2D eigenvalue weighted by molar-refractivity contribution is 7.53. The molecule has 2 N–H and O–H groups in total. The largest absolute Gasteiger partial charge is 0.356 e. The van der Waals surface area contributed by atoms with Gasteiger partial charge in [-0.3, -0.25) is 4.57 Å². The Morgan fingerprint density at radius 1 is 1.22 bits per heavy atom. The molecule has 0 saturated heterocycles. The van der Waals surface area contributed by atoms with Crippen molar-refractivity contribution < 1.29 is 18.6 Å². The summed E-state index contributed by atoms with van der Waals surface area (Å²) in [6.07, 6.45) is 0.0311. The molecular formula is C9H21Cl2N2O4P. The second kappa shape index (κ2) is 10.4. The van der Waals surface area contributed by atoms with Crippen LogP contribution >= 0.6 is 30.9 Å². The van der Waals surface area contributed by atoms with Crippen molar-refractivity contribution in [3.8, 4) is 0 Å². The molecule has 6 nitrogen and oxygen atoms in total. The average Bonchev–Trinajstić information content (AvgIpc) is 2.34. The molecule has 0 aromatic carbocycles. The van der Waals surface area contributed by atoms with Crippen molar-refractivity contribution in [3.63, 3.8) is 0 Å². The first-order valence-corrected chi connectivity index (χ1v) is 8.19. The number of methoxy groups -OCH3 is 2.